The van der Waals surface area contributed by atoms with Gasteiger partial charge in [-0.3, -0.25) is 4.79 Å². The van der Waals surface area contributed by atoms with Crippen LogP contribution in [0.15, 0.2) is 29.4 Å². The van der Waals surface area contributed by atoms with Crippen LogP contribution in [-0.2, 0) is 24.4 Å². The molecule has 3 fully saturated rings. The molecule has 3 saturated heterocycles. The van der Waals surface area contributed by atoms with E-state index in [4.69, 9.17) is 19.8 Å². The van der Waals surface area contributed by atoms with Gasteiger partial charge < -0.3 is 20.4 Å². The van der Waals surface area contributed by atoms with Gasteiger partial charge in [-0.2, -0.15) is 30.6 Å². The fraction of sp³-hybridized carbons (Fsp3) is 0.652. The van der Waals surface area contributed by atoms with Crippen molar-refractivity contribution < 1.29 is 59.4 Å². The smallest absolute Gasteiger partial charge is 0.475 e. The summed E-state index contributed by atoms with van der Waals surface area (Å²) in [7, 11) is -3.57. The summed E-state index contributed by atoms with van der Waals surface area (Å²) in [6, 6.07) is 4.93. The highest BCUT2D eigenvalue weighted by Crippen LogP contribution is 2.44. The van der Waals surface area contributed by atoms with Crippen molar-refractivity contribution in [2.24, 2.45) is 17.8 Å². The number of carbonyl (C=O) groups excluding carboxylic acids is 1. The second-order valence-corrected chi connectivity index (χ2v) is 12.0. The van der Waals surface area contributed by atoms with E-state index in [1.54, 1.807) is 12.1 Å². The Bertz CT molecular complexity index is 1160. The standard InChI is InChI=1S/C19H28N4O3S.2C2HF3O2/c1-14(2)11-22-12-15-16(13-22)19(21-18(15)24)6-9-23(10-7-19)27(25,26)17-5-3-4-8-20-17;2*3-2(4,5)1(6)7/h3-5,8,14-16H,6-7,9-13H2,1-2H3,(H,21,24);2*(H,6,7)/t15-,16+;;/m1../s1. The third-order valence-electron chi connectivity index (χ3n) is 6.78. The number of halogens is 6. The van der Waals surface area contributed by atoms with Crippen molar-refractivity contribution in [3.63, 3.8) is 0 Å². The molecule has 0 aromatic carbocycles. The van der Waals surface area contributed by atoms with Crippen LogP contribution in [0.2, 0.25) is 0 Å². The first-order valence-corrected chi connectivity index (χ1v) is 13.7. The normalized spacial score (nSPS) is 22.7. The number of aromatic nitrogens is 1. The lowest BCUT2D eigenvalue weighted by molar-refractivity contribution is -0.193. The molecule has 0 bridgehead atoms. The van der Waals surface area contributed by atoms with E-state index in [2.05, 4.69) is 29.0 Å². The van der Waals surface area contributed by atoms with Crippen molar-refractivity contribution >= 4 is 27.9 Å². The molecule has 3 N–H and O–H groups in total. The molecule has 1 amide bonds. The van der Waals surface area contributed by atoms with Crippen LogP contribution >= 0.6 is 0 Å². The summed E-state index contributed by atoms with van der Waals surface area (Å²) in [5.41, 5.74) is -0.260. The molecule has 41 heavy (non-hydrogen) atoms. The van der Waals surface area contributed by atoms with Crippen molar-refractivity contribution in [3.8, 4) is 0 Å². The minimum absolute atomic E-state index is 0.0442. The van der Waals surface area contributed by atoms with E-state index >= 15 is 0 Å². The van der Waals surface area contributed by atoms with Gasteiger partial charge in [0.15, 0.2) is 5.03 Å². The Kier molecular flexibility index (Phi) is 10.8. The van der Waals surface area contributed by atoms with Crippen LogP contribution in [0.3, 0.4) is 0 Å². The number of carboxylic acids is 2. The van der Waals surface area contributed by atoms with Crippen LogP contribution in [-0.4, -0.2) is 101 Å². The number of piperidine rings is 1. The first-order chi connectivity index (χ1) is 18.7. The molecule has 11 nitrogen and oxygen atoms in total. The van der Waals surface area contributed by atoms with E-state index in [9.17, 15) is 39.6 Å². The SMILES string of the molecule is CC(C)CN1C[C@H]2C(=O)NC3(CCN(S(=O)(=O)c4ccccn4)CC3)[C@H]2C1.O=C(O)C(F)(F)F.O=C(O)C(F)(F)F. The molecular formula is C23H30F6N4O7S. The Morgan fingerprint density at radius 1 is 1.05 bits per heavy atom. The molecule has 232 valence electrons. The van der Waals surface area contributed by atoms with Gasteiger partial charge in [0.2, 0.25) is 5.91 Å². The molecule has 4 heterocycles. The monoisotopic (exact) mass is 620 g/mol. The highest BCUT2D eigenvalue weighted by molar-refractivity contribution is 7.89. The van der Waals surface area contributed by atoms with Crippen molar-refractivity contribution in [1.29, 1.82) is 0 Å². The van der Waals surface area contributed by atoms with Gasteiger partial charge in [-0.15, -0.1) is 0 Å². The largest absolute Gasteiger partial charge is 0.490 e. The molecule has 0 aliphatic carbocycles. The molecule has 1 spiro atoms. The molecule has 3 aliphatic heterocycles. The van der Waals surface area contributed by atoms with Gasteiger partial charge in [-0.05, 0) is 30.9 Å². The summed E-state index contributed by atoms with van der Waals surface area (Å²) in [6.07, 6.45) is -7.33. The van der Waals surface area contributed by atoms with E-state index in [-0.39, 0.29) is 28.3 Å². The van der Waals surface area contributed by atoms with Gasteiger partial charge >= 0.3 is 24.3 Å². The summed E-state index contributed by atoms with van der Waals surface area (Å²) >= 11 is 0. The molecule has 2 atom stereocenters. The molecule has 1 aromatic heterocycles. The fourth-order valence-corrected chi connectivity index (χ4v) is 6.43. The Morgan fingerprint density at radius 3 is 1.98 bits per heavy atom. The number of hydrogen-bond acceptors (Lipinski definition) is 7. The van der Waals surface area contributed by atoms with Crippen LogP contribution in [0.4, 0.5) is 26.3 Å². The number of likely N-dealkylation sites (tertiary alicyclic amines) is 1. The Balaban J connectivity index is 0.000000349. The Morgan fingerprint density at radius 2 is 1.56 bits per heavy atom. The maximum absolute atomic E-state index is 12.8. The fourth-order valence-electron chi connectivity index (χ4n) is 5.06. The summed E-state index contributed by atoms with van der Waals surface area (Å²) in [6.45, 7) is 8.01. The molecule has 0 radical (unpaired) electrons. The van der Waals surface area contributed by atoms with E-state index in [1.165, 1.54) is 16.6 Å². The number of aliphatic carboxylic acids is 2. The maximum atomic E-state index is 12.8. The molecule has 4 rings (SSSR count). The highest BCUT2D eigenvalue weighted by atomic mass is 32.2. The van der Waals surface area contributed by atoms with Gasteiger partial charge in [-0.1, -0.05) is 19.9 Å². The molecule has 3 aliphatic rings. The van der Waals surface area contributed by atoms with Crippen molar-refractivity contribution in [2.75, 3.05) is 32.7 Å². The second kappa shape index (κ2) is 12.9. The minimum atomic E-state index is -5.08. The predicted molar refractivity (Wildman–Crippen MR) is 129 cm³/mol. The van der Waals surface area contributed by atoms with Crippen LogP contribution in [0, 0.1) is 17.8 Å². The van der Waals surface area contributed by atoms with Crippen LogP contribution in [0.5, 0.6) is 0 Å². The number of alkyl halides is 6. The number of rotatable bonds is 4. The van der Waals surface area contributed by atoms with E-state index in [0.717, 1.165) is 19.6 Å². The zero-order chi connectivity index (χ0) is 31.4. The zero-order valence-corrected chi connectivity index (χ0v) is 22.8. The topological polar surface area (TPSA) is 157 Å². The average Bonchev–Trinajstić information content (AvgIpc) is 3.38. The predicted octanol–water partition coefficient (Wildman–Crippen LogP) is 2.21. The molecule has 0 unspecified atom stereocenters. The third-order valence-corrected chi connectivity index (χ3v) is 8.59. The number of nitrogens with zero attached hydrogens (tertiary/aromatic N) is 3. The van der Waals surface area contributed by atoms with Crippen LogP contribution in [0.1, 0.15) is 26.7 Å². The molecule has 0 saturated carbocycles. The Labute approximate surface area is 231 Å². The van der Waals surface area contributed by atoms with Crippen molar-refractivity contribution in [2.45, 2.75) is 49.6 Å². The van der Waals surface area contributed by atoms with Gasteiger partial charge in [0.1, 0.15) is 0 Å². The Hall–Kier alpha value is -2.99. The van der Waals surface area contributed by atoms with E-state index in [0.29, 0.717) is 31.8 Å². The lowest BCUT2D eigenvalue weighted by atomic mass is 9.76. The summed E-state index contributed by atoms with van der Waals surface area (Å²) in [5.74, 6) is -4.47. The number of carboxylic acid groups (broad SMARTS) is 2. The van der Waals surface area contributed by atoms with Gasteiger partial charge in [-0.25, -0.2) is 23.0 Å². The van der Waals surface area contributed by atoms with Gasteiger partial charge in [0.05, 0.1) is 5.92 Å². The number of sulfonamides is 1. The summed E-state index contributed by atoms with van der Waals surface area (Å²) in [5, 5.41) is 17.6. The van der Waals surface area contributed by atoms with Crippen LogP contribution < -0.4 is 5.32 Å². The lowest BCUT2D eigenvalue weighted by Gasteiger charge is -2.42. The quantitative estimate of drug-likeness (QED) is 0.430. The van der Waals surface area contributed by atoms with Crippen molar-refractivity contribution in [3.05, 3.63) is 24.4 Å². The number of pyridine rings is 1. The van der Waals surface area contributed by atoms with E-state index < -0.39 is 34.3 Å². The second-order valence-electron chi connectivity index (χ2n) is 10.1. The van der Waals surface area contributed by atoms with E-state index in [1.807, 2.05) is 0 Å². The molecular weight excluding hydrogens is 590 g/mol. The highest BCUT2D eigenvalue weighted by Gasteiger charge is 2.57. The first-order valence-electron chi connectivity index (χ1n) is 12.3. The zero-order valence-electron chi connectivity index (χ0n) is 21.9. The molecule has 18 heteroatoms. The minimum Gasteiger partial charge on any atom is -0.475 e. The van der Waals surface area contributed by atoms with Gasteiger partial charge in [0, 0.05) is 50.4 Å². The first kappa shape index (κ1) is 34.2. The summed E-state index contributed by atoms with van der Waals surface area (Å²) < 4.78 is 90.6. The van der Waals surface area contributed by atoms with Crippen LogP contribution in [0.25, 0.3) is 0 Å². The summed E-state index contributed by atoms with van der Waals surface area (Å²) in [4.78, 5) is 36.8. The van der Waals surface area contributed by atoms with Gasteiger partial charge in [0.25, 0.3) is 10.0 Å². The number of hydrogen-bond donors (Lipinski definition) is 3. The lowest BCUT2D eigenvalue weighted by Crippen LogP contribution is -2.56. The maximum Gasteiger partial charge on any atom is 0.490 e. The number of carbonyl (C=O) groups is 3. The number of amides is 1. The molecule has 1 aromatic rings. The number of nitrogens with one attached hydrogen (secondary N) is 1. The number of fused-ring (bicyclic) bond motifs is 2. The third kappa shape index (κ3) is 8.75. The average molecular weight is 621 g/mol. The van der Waals surface area contributed by atoms with Crippen molar-refractivity contribution in [1.82, 2.24) is 19.5 Å².